The van der Waals surface area contributed by atoms with Gasteiger partial charge in [0.25, 0.3) is 0 Å². The second-order valence-corrected chi connectivity index (χ2v) is 5.93. The molecule has 1 heterocycles. The molecule has 0 aliphatic carbocycles. The highest BCUT2D eigenvalue weighted by molar-refractivity contribution is 5.76. The minimum absolute atomic E-state index is 0.00188. The summed E-state index contributed by atoms with van der Waals surface area (Å²) in [4.78, 5) is 16.2. The van der Waals surface area contributed by atoms with Crippen molar-refractivity contribution in [2.24, 2.45) is 0 Å². The van der Waals surface area contributed by atoms with Crippen LogP contribution >= 0.6 is 0 Å². The van der Waals surface area contributed by atoms with E-state index in [0.29, 0.717) is 25.3 Å². The van der Waals surface area contributed by atoms with Gasteiger partial charge in [-0.2, -0.15) is 0 Å². The van der Waals surface area contributed by atoms with E-state index in [0.717, 1.165) is 29.1 Å². The summed E-state index contributed by atoms with van der Waals surface area (Å²) >= 11 is 0. The largest absolute Gasteiger partial charge is 0.497 e. The van der Waals surface area contributed by atoms with Crippen LogP contribution in [0.4, 0.5) is 0 Å². The van der Waals surface area contributed by atoms with E-state index in [1.807, 2.05) is 54.6 Å². The van der Waals surface area contributed by atoms with Crippen molar-refractivity contribution in [3.05, 3.63) is 72.2 Å². The molecular formula is C21H22N2O3. The van der Waals surface area contributed by atoms with E-state index in [-0.39, 0.29) is 5.91 Å². The van der Waals surface area contributed by atoms with Crippen molar-refractivity contribution in [2.45, 2.75) is 19.3 Å². The molecule has 0 aliphatic rings. The normalized spacial score (nSPS) is 10.5. The smallest absolute Gasteiger partial charge is 0.220 e. The Morgan fingerprint density at radius 2 is 1.85 bits per heavy atom. The zero-order valence-electron chi connectivity index (χ0n) is 14.8. The van der Waals surface area contributed by atoms with Gasteiger partial charge in [0.15, 0.2) is 11.7 Å². The van der Waals surface area contributed by atoms with Crippen molar-refractivity contribution < 1.29 is 13.9 Å². The number of hydrogen-bond acceptors (Lipinski definition) is 4. The molecule has 26 heavy (non-hydrogen) atoms. The van der Waals surface area contributed by atoms with Gasteiger partial charge in [0, 0.05) is 24.9 Å². The highest BCUT2D eigenvalue weighted by atomic mass is 16.5. The van der Waals surface area contributed by atoms with Crippen LogP contribution in [0.3, 0.4) is 0 Å². The number of benzene rings is 2. The summed E-state index contributed by atoms with van der Waals surface area (Å²) in [5.41, 5.74) is 2.14. The summed E-state index contributed by atoms with van der Waals surface area (Å²) < 4.78 is 10.8. The second kappa shape index (κ2) is 8.85. The number of methoxy groups -OCH3 is 1. The molecule has 0 unspecified atom stereocenters. The Morgan fingerprint density at radius 3 is 2.58 bits per heavy atom. The van der Waals surface area contributed by atoms with Gasteiger partial charge in [0.05, 0.1) is 13.3 Å². The number of ether oxygens (including phenoxy) is 1. The molecule has 2 aromatic carbocycles. The number of oxazole rings is 1. The minimum atomic E-state index is -0.00188. The van der Waals surface area contributed by atoms with Gasteiger partial charge in [-0.25, -0.2) is 4.98 Å². The first-order valence-electron chi connectivity index (χ1n) is 8.64. The predicted molar refractivity (Wildman–Crippen MR) is 100.0 cm³/mol. The Bertz CT molecular complexity index is 826. The first-order chi connectivity index (χ1) is 12.7. The molecule has 5 nitrogen and oxygen atoms in total. The topological polar surface area (TPSA) is 64.4 Å². The summed E-state index contributed by atoms with van der Waals surface area (Å²) in [6.07, 6.45) is 3.33. The Balaban J connectivity index is 1.40. The van der Waals surface area contributed by atoms with Crippen LogP contribution in [0.1, 0.15) is 17.9 Å². The van der Waals surface area contributed by atoms with Gasteiger partial charge >= 0.3 is 0 Å². The van der Waals surface area contributed by atoms with Crippen LogP contribution in [0.25, 0.3) is 11.3 Å². The molecule has 0 radical (unpaired) electrons. The molecule has 0 fully saturated rings. The highest BCUT2D eigenvalue weighted by Crippen LogP contribution is 2.20. The Hall–Kier alpha value is -3.08. The van der Waals surface area contributed by atoms with Crippen molar-refractivity contribution in [1.29, 1.82) is 0 Å². The summed E-state index contributed by atoms with van der Waals surface area (Å²) in [7, 11) is 1.64. The molecule has 0 saturated carbocycles. The van der Waals surface area contributed by atoms with Crippen molar-refractivity contribution in [3.8, 4) is 17.1 Å². The zero-order chi connectivity index (χ0) is 18.2. The number of carbonyl (C=O) groups excluding carboxylic acids is 1. The molecule has 0 spiro atoms. The van der Waals surface area contributed by atoms with E-state index >= 15 is 0 Å². The maximum absolute atomic E-state index is 12.0. The van der Waals surface area contributed by atoms with Crippen molar-refractivity contribution in [1.82, 2.24) is 10.3 Å². The molecule has 1 N–H and O–H groups in total. The Labute approximate surface area is 153 Å². The zero-order valence-corrected chi connectivity index (χ0v) is 14.8. The fourth-order valence-corrected chi connectivity index (χ4v) is 2.61. The van der Waals surface area contributed by atoms with Gasteiger partial charge in [-0.3, -0.25) is 4.79 Å². The van der Waals surface area contributed by atoms with Gasteiger partial charge in [-0.15, -0.1) is 0 Å². The number of rotatable bonds is 8. The van der Waals surface area contributed by atoms with Gasteiger partial charge in [-0.05, 0) is 24.1 Å². The molecule has 0 atom stereocenters. The van der Waals surface area contributed by atoms with Crippen LogP contribution in [0, 0.1) is 0 Å². The van der Waals surface area contributed by atoms with E-state index in [1.165, 1.54) is 0 Å². The van der Waals surface area contributed by atoms with E-state index in [4.69, 9.17) is 9.15 Å². The summed E-state index contributed by atoms with van der Waals surface area (Å²) in [5, 5.41) is 2.93. The van der Waals surface area contributed by atoms with Crippen LogP contribution < -0.4 is 10.1 Å². The molecule has 3 rings (SSSR count). The quantitative estimate of drug-likeness (QED) is 0.674. The number of carbonyl (C=O) groups is 1. The molecule has 0 bridgehead atoms. The Morgan fingerprint density at radius 1 is 1.08 bits per heavy atom. The average Bonchev–Trinajstić information content (AvgIpc) is 3.17. The number of hydrogen-bond donors (Lipinski definition) is 1. The molecule has 0 aliphatic heterocycles. The third-order valence-corrected chi connectivity index (χ3v) is 4.07. The van der Waals surface area contributed by atoms with E-state index < -0.39 is 0 Å². The predicted octanol–water partition coefficient (Wildman–Crippen LogP) is 3.64. The lowest BCUT2D eigenvalue weighted by Crippen LogP contribution is -2.25. The highest BCUT2D eigenvalue weighted by Gasteiger charge is 2.08. The lowest BCUT2D eigenvalue weighted by Gasteiger charge is -2.05. The summed E-state index contributed by atoms with van der Waals surface area (Å²) in [6, 6.07) is 17.6. The number of nitrogens with one attached hydrogen (secondary N) is 1. The van der Waals surface area contributed by atoms with E-state index in [9.17, 15) is 4.79 Å². The molecule has 1 amide bonds. The average molecular weight is 350 g/mol. The van der Waals surface area contributed by atoms with Crippen LogP contribution in [-0.4, -0.2) is 24.5 Å². The maximum Gasteiger partial charge on any atom is 0.220 e. The van der Waals surface area contributed by atoms with Crippen molar-refractivity contribution >= 4 is 5.91 Å². The fraction of sp³-hybridized carbons (Fsp3) is 0.238. The van der Waals surface area contributed by atoms with Gasteiger partial charge in [0.2, 0.25) is 5.91 Å². The fourth-order valence-electron chi connectivity index (χ4n) is 2.61. The third-order valence-electron chi connectivity index (χ3n) is 4.07. The minimum Gasteiger partial charge on any atom is -0.497 e. The monoisotopic (exact) mass is 350 g/mol. The summed E-state index contributed by atoms with van der Waals surface area (Å²) in [5.74, 6) is 2.13. The Kier molecular flexibility index (Phi) is 6.04. The number of aromatic nitrogens is 1. The van der Waals surface area contributed by atoms with Crippen LogP contribution in [0.5, 0.6) is 5.75 Å². The van der Waals surface area contributed by atoms with E-state index in [1.54, 1.807) is 13.3 Å². The first-order valence-corrected chi connectivity index (χ1v) is 8.64. The molecule has 5 heteroatoms. The van der Waals surface area contributed by atoms with Crippen LogP contribution in [0.2, 0.25) is 0 Å². The first kappa shape index (κ1) is 17.7. The van der Waals surface area contributed by atoms with Crippen LogP contribution in [-0.2, 0) is 17.6 Å². The van der Waals surface area contributed by atoms with Crippen molar-refractivity contribution in [2.75, 3.05) is 13.7 Å². The van der Waals surface area contributed by atoms with Crippen LogP contribution in [0.15, 0.2) is 65.2 Å². The molecule has 0 saturated heterocycles. The third kappa shape index (κ3) is 4.96. The number of amides is 1. The summed E-state index contributed by atoms with van der Waals surface area (Å²) in [6.45, 7) is 0.603. The van der Waals surface area contributed by atoms with E-state index in [2.05, 4.69) is 10.3 Å². The van der Waals surface area contributed by atoms with Gasteiger partial charge < -0.3 is 14.5 Å². The molecule has 1 aromatic heterocycles. The molecule has 3 aromatic rings. The number of nitrogens with zero attached hydrogens (tertiary/aromatic N) is 1. The lowest BCUT2D eigenvalue weighted by atomic mass is 10.1. The molecular weight excluding hydrogens is 328 g/mol. The SMILES string of the molecule is COc1ccc(CCNC(=O)CCc2ncc(-c3ccccc3)o2)cc1. The standard InChI is InChI=1S/C21H22N2O3/c1-25-18-9-7-16(8-10-18)13-14-22-20(24)11-12-21-23-15-19(26-21)17-5-3-2-4-6-17/h2-10,15H,11-14H2,1H3,(H,22,24). The lowest BCUT2D eigenvalue weighted by molar-refractivity contribution is -0.121. The number of aryl methyl sites for hydroxylation is 1. The second-order valence-electron chi connectivity index (χ2n) is 5.93. The maximum atomic E-state index is 12.0. The van der Waals surface area contributed by atoms with Gasteiger partial charge in [-0.1, -0.05) is 42.5 Å². The van der Waals surface area contributed by atoms with Crippen molar-refractivity contribution in [3.63, 3.8) is 0 Å². The molecule has 134 valence electrons. The van der Waals surface area contributed by atoms with Gasteiger partial charge in [0.1, 0.15) is 5.75 Å².